The number of anilines is 1. The standard InChI is InChI=1S/C14H15F2NO3/c1-13(2,3)17(12(19)20)9-4-5-10-8(6-9)7-14(15,16)11(10)18/h4-6H,7H2,1-3H3,(H,19,20). The van der Waals surface area contributed by atoms with Gasteiger partial charge in [-0.1, -0.05) is 0 Å². The molecule has 2 rings (SSSR count). The maximum Gasteiger partial charge on any atom is 0.412 e. The molecule has 0 heterocycles. The third kappa shape index (κ3) is 2.26. The van der Waals surface area contributed by atoms with Crippen LogP contribution >= 0.6 is 0 Å². The van der Waals surface area contributed by atoms with E-state index in [0.717, 1.165) is 4.90 Å². The molecular formula is C14H15F2NO3. The first-order valence-electron chi connectivity index (χ1n) is 6.13. The van der Waals surface area contributed by atoms with Gasteiger partial charge < -0.3 is 5.11 Å². The van der Waals surface area contributed by atoms with Crippen molar-refractivity contribution in [2.45, 2.75) is 38.7 Å². The van der Waals surface area contributed by atoms with Crippen molar-refractivity contribution < 1.29 is 23.5 Å². The molecule has 0 atom stereocenters. The Hall–Kier alpha value is -1.98. The number of halogens is 2. The topological polar surface area (TPSA) is 57.6 Å². The van der Waals surface area contributed by atoms with Crippen LogP contribution in [0.5, 0.6) is 0 Å². The van der Waals surface area contributed by atoms with Crippen molar-refractivity contribution in [3.05, 3.63) is 29.3 Å². The van der Waals surface area contributed by atoms with Crippen LogP contribution in [0.15, 0.2) is 18.2 Å². The summed E-state index contributed by atoms with van der Waals surface area (Å²) in [4.78, 5) is 23.9. The molecule has 1 N–H and O–H groups in total. The van der Waals surface area contributed by atoms with Gasteiger partial charge in [-0.05, 0) is 44.5 Å². The summed E-state index contributed by atoms with van der Waals surface area (Å²) in [6.07, 6.45) is -1.85. The zero-order chi connectivity index (χ0) is 15.3. The third-order valence-electron chi connectivity index (χ3n) is 3.20. The SMILES string of the molecule is CC(C)(C)N(C(=O)O)c1ccc2c(c1)CC(F)(F)C2=O. The van der Waals surface area contributed by atoms with Crippen LogP contribution in [0.3, 0.4) is 0 Å². The highest BCUT2D eigenvalue weighted by molar-refractivity contribution is 6.06. The molecule has 0 fully saturated rings. The quantitative estimate of drug-likeness (QED) is 0.860. The Bertz CT molecular complexity index is 591. The number of rotatable bonds is 1. The fourth-order valence-corrected chi connectivity index (χ4v) is 2.39. The molecule has 0 saturated heterocycles. The monoisotopic (exact) mass is 283 g/mol. The molecule has 1 aliphatic rings. The van der Waals surface area contributed by atoms with Gasteiger partial charge in [-0.25, -0.2) is 4.79 Å². The Kier molecular flexibility index (Phi) is 3.07. The first-order valence-corrected chi connectivity index (χ1v) is 6.13. The van der Waals surface area contributed by atoms with Crippen molar-refractivity contribution in [2.75, 3.05) is 4.90 Å². The molecule has 4 nitrogen and oxygen atoms in total. The molecule has 0 spiro atoms. The lowest BCUT2D eigenvalue weighted by Crippen LogP contribution is -2.45. The number of amides is 1. The van der Waals surface area contributed by atoms with Crippen LogP contribution in [-0.4, -0.2) is 28.4 Å². The van der Waals surface area contributed by atoms with E-state index in [0.29, 0.717) is 0 Å². The molecule has 108 valence electrons. The Morgan fingerprint density at radius 3 is 2.45 bits per heavy atom. The summed E-state index contributed by atoms with van der Waals surface area (Å²) in [6, 6.07) is 4.01. The lowest BCUT2D eigenvalue weighted by Gasteiger charge is -2.33. The third-order valence-corrected chi connectivity index (χ3v) is 3.20. The molecule has 0 bridgehead atoms. The molecule has 0 aromatic heterocycles. The molecule has 0 radical (unpaired) electrons. The van der Waals surface area contributed by atoms with Gasteiger partial charge in [0.25, 0.3) is 0 Å². The van der Waals surface area contributed by atoms with Gasteiger partial charge in [-0.15, -0.1) is 0 Å². The van der Waals surface area contributed by atoms with E-state index in [1.807, 2.05) is 0 Å². The number of alkyl halides is 2. The van der Waals surface area contributed by atoms with Crippen molar-refractivity contribution in [3.8, 4) is 0 Å². The van der Waals surface area contributed by atoms with E-state index in [9.17, 15) is 23.5 Å². The van der Waals surface area contributed by atoms with Gasteiger partial charge in [-0.3, -0.25) is 9.69 Å². The van der Waals surface area contributed by atoms with Crippen LogP contribution in [0.1, 0.15) is 36.7 Å². The molecule has 1 amide bonds. The van der Waals surface area contributed by atoms with Crippen LogP contribution in [-0.2, 0) is 6.42 Å². The van der Waals surface area contributed by atoms with Crippen molar-refractivity contribution in [3.63, 3.8) is 0 Å². The highest BCUT2D eigenvalue weighted by Gasteiger charge is 2.47. The van der Waals surface area contributed by atoms with Crippen LogP contribution in [0.4, 0.5) is 19.3 Å². The molecular weight excluding hydrogens is 268 g/mol. The van der Waals surface area contributed by atoms with Crippen LogP contribution in [0.2, 0.25) is 0 Å². The largest absolute Gasteiger partial charge is 0.465 e. The van der Waals surface area contributed by atoms with E-state index < -0.39 is 29.8 Å². The second-order valence-electron chi connectivity index (χ2n) is 5.84. The van der Waals surface area contributed by atoms with E-state index in [-0.39, 0.29) is 16.8 Å². The van der Waals surface area contributed by atoms with E-state index in [1.165, 1.54) is 18.2 Å². The Labute approximate surface area is 115 Å². The van der Waals surface area contributed by atoms with Crippen molar-refractivity contribution in [1.29, 1.82) is 0 Å². The van der Waals surface area contributed by atoms with Crippen LogP contribution < -0.4 is 4.90 Å². The molecule has 0 aliphatic heterocycles. The van der Waals surface area contributed by atoms with Gasteiger partial charge >= 0.3 is 12.0 Å². The van der Waals surface area contributed by atoms with Crippen LogP contribution in [0.25, 0.3) is 0 Å². The fraction of sp³-hybridized carbons (Fsp3) is 0.429. The second kappa shape index (κ2) is 4.26. The van der Waals surface area contributed by atoms with Gasteiger partial charge in [0.2, 0.25) is 5.78 Å². The molecule has 0 saturated carbocycles. The lowest BCUT2D eigenvalue weighted by atomic mass is 10.0. The summed E-state index contributed by atoms with van der Waals surface area (Å²) in [5.74, 6) is -4.59. The number of hydrogen-bond acceptors (Lipinski definition) is 2. The second-order valence-corrected chi connectivity index (χ2v) is 5.84. The fourth-order valence-electron chi connectivity index (χ4n) is 2.39. The predicted octanol–water partition coefficient (Wildman–Crippen LogP) is 3.34. The molecule has 1 aromatic carbocycles. The van der Waals surface area contributed by atoms with E-state index in [4.69, 9.17) is 0 Å². The van der Waals surface area contributed by atoms with Gasteiger partial charge in [0.05, 0.1) is 0 Å². The van der Waals surface area contributed by atoms with Gasteiger partial charge in [-0.2, -0.15) is 8.78 Å². The van der Waals surface area contributed by atoms with E-state index in [1.54, 1.807) is 20.8 Å². The average molecular weight is 283 g/mol. The number of hydrogen-bond donors (Lipinski definition) is 1. The minimum Gasteiger partial charge on any atom is -0.465 e. The van der Waals surface area contributed by atoms with Gasteiger partial charge in [0.1, 0.15) is 0 Å². The molecule has 6 heteroatoms. The van der Waals surface area contributed by atoms with Gasteiger partial charge in [0.15, 0.2) is 0 Å². The summed E-state index contributed by atoms with van der Waals surface area (Å²) < 4.78 is 26.8. The van der Waals surface area contributed by atoms with Crippen molar-refractivity contribution in [2.24, 2.45) is 0 Å². The van der Waals surface area contributed by atoms with E-state index in [2.05, 4.69) is 0 Å². The molecule has 1 aromatic rings. The summed E-state index contributed by atoms with van der Waals surface area (Å²) in [6.45, 7) is 5.11. The highest BCUT2D eigenvalue weighted by Crippen LogP contribution is 2.37. The molecule has 20 heavy (non-hydrogen) atoms. The summed E-state index contributed by atoms with van der Waals surface area (Å²) in [7, 11) is 0. The van der Waals surface area contributed by atoms with Crippen molar-refractivity contribution in [1.82, 2.24) is 0 Å². The first kappa shape index (κ1) is 14.4. The smallest absolute Gasteiger partial charge is 0.412 e. The predicted molar refractivity (Wildman–Crippen MR) is 69.7 cm³/mol. The first-order chi connectivity index (χ1) is 9.04. The number of nitrogens with zero attached hydrogens (tertiary/aromatic N) is 1. The summed E-state index contributed by atoms with van der Waals surface area (Å²) in [5, 5.41) is 9.28. The van der Waals surface area contributed by atoms with Gasteiger partial charge in [0, 0.05) is 23.2 Å². The minimum atomic E-state index is -3.39. The molecule has 1 aliphatic carbocycles. The number of fused-ring (bicyclic) bond motifs is 1. The summed E-state index contributed by atoms with van der Waals surface area (Å²) in [5.41, 5.74) is -0.272. The number of ketones is 1. The zero-order valence-corrected chi connectivity index (χ0v) is 11.4. The molecule has 0 unspecified atom stereocenters. The van der Waals surface area contributed by atoms with Crippen LogP contribution in [0, 0.1) is 0 Å². The number of carbonyl (C=O) groups excluding carboxylic acids is 1. The lowest BCUT2D eigenvalue weighted by molar-refractivity contribution is 0.0168. The summed E-state index contributed by atoms with van der Waals surface area (Å²) >= 11 is 0. The van der Waals surface area contributed by atoms with Crippen molar-refractivity contribution >= 4 is 17.6 Å². The normalized spacial score (nSPS) is 16.9. The highest BCUT2D eigenvalue weighted by atomic mass is 19.3. The number of carbonyl (C=O) groups is 2. The number of carboxylic acid groups (broad SMARTS) is 1. The number of benzene rings is 1. The number of Topliss-reactive ketones (excluding diaryl/α,β-unsaturated/α-hetero) is 1. The Balaban J connectivity index is 2.48. The Morgan fingerprint density at radius 1 is 1.35 bits per heavy atom. The maximum absolute atomic E-state index is 13.4. The maximum atomic E-state index is 13.4. The minimum absolute atomic E-state index is 0.0296. The zero-order valence-electron chi connectivity index (χ0n) is 11.4. The average Bonchev–Trinajstić information content (AvgIpc) is 2.46. The Morgan fingerprint density at radius 2 is 1.95 bits per heavy atom. The van der Waals surface area contributed by atoms with E-state index >= 15 is 0 Å².